The summed E-state index contributed by atoms with van der Waals surface area (Å²) >= 11 is 0. The second kappa shape index (κ2) is 8.95. The van der Waals surface area contributed by atoms with Gasteiger partial charge in [-0.25, -0.2) is 13.6 Å². The van der Waals surface area contributed by atoms with E-state index in [9.17, 15) is 26.8 Å². The molecule has 2 heterocycles. The first-order valence-corrected chi connectivity index (χ1v) is 11.6. The molecular weight excluding hydrogens is 436 g/mol. The standard InChI is InChI=1S/C19H25F2N3O6S/c1-13(25)22-10-15-11-24(18(26)30-15)14-3-4-17(16(20)9-14)23-7-5-19(21,6-8-23)12-29-31(2,27)28/h3-4,9,15H,5-8,10-12H2,1-2H3,(H,22,25). The van der Waals surface area contributed by atoms with E-state index >= 15 is 0 Å². The Morgan fingerprint density at radius 2 is 2.03 bits per heavy atom. The highest BCUT2D eigenvalue weighted by Gasteiger charge is 2.37. The number of carbonyl (C=O) groups excluding carboxylic acids is 2. The van der Waals surface area contributed by atoms with Crippen molar-refractivity contribution in [2.24, 2.45) is 0 Å². The van der Waals surface area contributed by atoms with E-state index in [-0.39, 0.29) is 50.6 Å². The van der Waals surface area contributed by atoms with Gasteiger partial charge in [0.05, 0.1) is 30.7 Å². The average Bonchev–Trinajstić information content (AvgIpc) is 3.06. The highest BCUT2D eigenvalue weighted by molar-refractivity contribution is 7.85. The highest BCUT2D eigenvalue weighted by Crippen LogP contribution is 2.33. The van der Waals surface area contributed by atoms with Crippen LogP contribution < -0.4 is 15.1 Å². The van der Waals surface area contributed by atoms with E-state index in [1.807, 2.05) is 0 Å². The molecule has 0 aromatic heterocycles. The Morgan fingerprint density at radius 3 is 2.61 bits per heavy atom. The number of halogens is 2. The van der Waals surface area contributed by atoms with E-state index in [0.717, 1.165) is 6.26 Å². The van der Waals surface area contributed by atoms with Gasteiger partial charge in [-0.2, -0.15) is 8.42 Å². The van der Waals surface area contributed by atoms with E-state index in [1.54, 1.807) is 11.0 Å². The van der Waals surface area contributed by atoms with Gasteiger partial charge >= 0.3 is 6.09 Å². The second-order valence-corrected chi connectivity index (χ2v) is 9.44. The number of hydrogen-bond donors (Lipinski definition) is 1. The number of benzene rings is 1. The maximum atomic E-state index is 14.8. The molecule has 0 aliphatic carbocycles. The number of hydrogen-bond acceptors (Lipinski definition) is 7. The number of rotatable bonds is 7. The Hall–Kier alpha value is -2.47. The lowest BCUT2D eigenvalue weighted by atomic mass is 9.94. The van der Waals surface area contributed by atoms with E-state index in [2.05, 4.69) is 9.50 Å². The fraction of sp³-hybridized carbons (Fsp3) is 0.579. The van der Waals surface area contributed by atoms with Crippen LogP contribution in [-0.4, -0.2) is 71.2 Å². The van der Waals surface area contributed by atoms with Crippen molar-refractivity contribution in [2.75, 3.05) is 48.8 Å². The predicted octanol–water partition coefficient (Wildman–Crippen LogP) is 1.57. The first-order chi connectivity index (χ1) is 14.5. The summed E-state index contributed by atoms with van der Waals surface area (Å²) in [5.41, 5.74) is -1.22. The minimum absolute atomic E-state index is 0.00695. The average molecular weight is 461 g/mol. The van der Waals surface area contributed by atoms with Crippen LogP contribution in [-0.2, 0) is 23.8 Å². The molecule has 2 aliphatic rings. The number of nitrogens with one attached hydrogen (secondary N) is 1. The summed E-state index contributed by atoms with van der Waals surface area (Å²) in [6.45, 7) is 1.51. The number of carbonyl (C=O) groups is 2. The molecule has 31 heavy (non-hydrogen) atoms. The zero-order valence-corrected chi connectivity index (χ0v) is 18.1. The molecular formula is C19H25F2N3O6S. The Balaban J connectivity index is 1.61. The van der Waals surface area contributed by atoms with Crippen LogP contribution in [0.15, 0.2) is 18.2 Å². The van der Waals surface area contributed by atoms with Gasteiger partial charge in [0.2, 0.25) is 5.91 Å². The molecule has 1 aromatic carbocycles. The zero-order valence-electron chi connectivity index (χ0n) is 17.3. The van der Waals surface area contributed by atoms with Crippen LogP contribution >= 0.6 is 0 Å². The smallest absolute Gasteiger partial charge is 0.414 e. The lowest BCUT2D eigenvalue weighted by Gasteiger charge is -2.37. The van der Waals surface area contributed by atoms with E-state index in [4.69, 9.17) is 4.74 Å². The van der Waals surface area contributed by atoms with Crippen LogP contribution in [0.2, 0.25) is 0 Å². The van der Waals surface area contributed by atoms with Crippen molar-refractivity contribution in [3.8, 4) is 0 Å². The summed E-state index contributed by atoms with van der Waals surface area (Å²) in [5.74, 6) is -0.819. The fourth-order valence-electron chi connectivity index (χ4n) is 3.52. The fourth-order valence-corrected chi connectivity index (χ4v) is 3.95. The quantitative estimate of drug-likeness (QED) is 0.615. The molecule has 0 radical (unpaired) electrons. The molecule has 1 unspecified atom stereocenters. The molecule has 172 valence electrons. The van der Waals surface area contributed by atoms with Crippen molar-refractivity contribution in [3.05, 3.63) is 24.0 Å². The van der Waals surface area contributed by atoms with Crippen molar-refractivity contribution in [3.63, 3.8) is 0 Å². The van der Waals surface area contributed by atoms with Crippen LogP contribution in [0, 0.1) is 5.82 Å². The third-order valence-corrected chi connectivity index (χ3v) is 5.77. The predicted molar refractivity (Wildman–Crippen MR) is 109 cm³/mol. The van der Waals surface area contributed by atoms with Crippen molar-refractivity contribution in [1.29, 1.82) is 0 Å². The number of piperidine rings is 1. The molecule has 9 nitrogen and oxygen atoms in total. The van der Waals surface area contributed by atoms with Crippen molar-refractivity contribution in [1.82, 2.24) is 5.32 Å². The first-order valence-electron chi connectivity index (χ1n) is 9.76. The van der Waals surface area contributed by atoms with Gasteiger partial charge in [-0.3, -0.25) is 13.9 Å². The SMILES string of the molecule is CC(=O)NCC1CN(c2ccc(N3CCC(F)(COS(C)(=O)=O)CC3)c(F)c2)C(=O)O1. The number of amides is 2. The van der Waals surface area contributed by atoms with Crippen LogP contribution in [0.25, 0.3) is 0 Å². The zero-order chi connectivity index (χ0) is 22.8. The van der Waals surface area contributed by atoms with Crippen molar-refractivity contribution < 1.29 is 35.7 Å². The van der Waals surface area contributed by atoms with Gasteiger partial charge in [0.25, 0.3) is 10.1 Å². The maximum absolute atomic E-state index is 14.8. The van der Waals surface area contributed by atoms with Crippen LogP contribution in [0.1, 0.15) is 19.8 Å². The van der Waals surface area contributed by atoms with Gasteiger partial charge in [-0.1, -0.05) is 0 Å². The molecule has 1 N–H and O–H groups in total. The van der Waals surface area contributed by atoms with Crippen LogP contribution in [0.3, 0.4) is 0 Å². The van der Waals surface area contributed by atoms with Gasteiger partial charge in [-0.05, 0) is 18.2 Å². The first kappa shape index (κ1) is 23.2. The van der Waals surface area contributed by atoms with Gasteiger partial charge in [0, 0.05) is 32.9 Å². The monoisotopic (exact) mass is 461 g/mol. The summed E-state index contributed by atoms with van der Waals surface area (Å²) in [5, 5.41) is 2.57. The second-order valence-electron chi connectivity index (χ2n) is 7.79. The van der Waals surface area contributed by atoms with Gasteiger partial charge < -0.3 is 15.0 Å². The summed E-state index contributed by atoms with van der Waals surface area (Å²) in [6.07, 6.45) is -0.317. The number of cyclic esters (lactones) is 1. The third kappa shape index (κ3) is 6.03. The molecule has 1 aromatic rings. The molecule has 0 saturated carbocycles. The molecule has 2 saturated heterocycles. The Bertz CT molecular complexity index is 950. The lowest BCUT2D eigenvalue weighted by Crippen LogP contribution is -2.45. The minimum Gasteiger partial charge on any atom is -0.442 e. The normalized spacial score (nSPS) is 21.2. The molecule has 3 rings (SSSR count). The van der Waals surface area contributed by atoms with E-state index in [0.29, 0.717) is 5.69 Å². The largest absolute Gasteiger partial charge is 0.442 e. The van der Waals surface area contributed by atoms with Gasteiger partial charge in [0.1, 0.15) is 24.2 Å². The molecule has 2 aliphatic heterocycles. The number of ether oxygens (including phenoxy) is 1. The molecule has 2 amide bonds. The van der Waals surface area contributed by atoms with Crippen LogP contribution in [0.5, 0.6) is 0 Å². The maximum Gasteiger partial charge on any atom is 0.414 e. The Labute approximate surface area is 179 Å². The lowest BCUT2D eigenvalue weighted by molar-refractivity contribution is -0.119. The molecule has 0 spiro atoms. The Morgan fingerprint density at radius 1 is 1.35 bits per heavy atom. The number of nitrogens with zero attached hydrogens (tertiary/aromatic N) is 2. The number of alkyl halides is 1. The van der Waals surface area contributed by atoms with Crippen LogP contribution in [0.4, 0.5) is 25.0 Å². The molecule has 1 atom stereocenters. The third-order valence-electron chi connectivity index (χ3n) is 5.23. The van der Waals surface area contributed by atoms with Crippen molar-refractivity contribution in [2.45, 2.75) is 31.5 Å². The molecule has 0 bridgehead atoms. The molecule has 12 heteroatoms. The Kier molecular flexibility index (Phi) is 6.70. The summed E-state index contributed by atoms with van der Waals surface area (Å²) in [7, 11) is -3.74. The summed E-state index contributed by atoms with van der Waals surface area (Å²) in [4.78, 5) is 26.1. The van der Waals surface area contributed by atoms with Crippen molar-refractivity contribution >= 4 is 33.5 Å². The summed E-state index contributed by atoms with van der Waals surface area (Å²) in [6, 6.07) is 4.29. The summed E-state index contributed by atoms with van der Waals surface area (Å²) < 4.78 is 61.5. The molecule has 2 fully saturated rings. The van der Waals surface area contributed by atoms with Gasteiger partial charge in [0.15, 0.2) is 0 Å². The number of anilines is 2. The van der Waals surface area contributed by atoms with E-state index in [1.165, 1.54) is 24.0 Å². The highest BCUT2D eigenvalue weighted by atomic mass is 32.2. The van der Waals surface area contributed by atoms with Gasteiger partial charge in [-0.15, -0.1) is 0 Å². The topological polar surface area (TPSA) is 105 Å². The minimum atomic E-state index is -3.74. The van der Waals surface area contributed by atoms with E-state index < -0.39 is 40.4 Å².